The first-order chi connectivity index (χ1) is 11.9. The fourth-order valence-corrected chi connectivity index (χ4v) is 23.3. The van der Waals surface area contributed by atoms with E-state index in [1.165, 1.54) is 41.1 Å². The summed E-state index contributed by atoms with van der Waals surface area (Å²) in [6.07, 6.45) is 28.7. The summed E-state index contributed by atoms with van der Waals surface area (Å²) < 4.78 is 0. The van der Waals surface area contributed by atoms with Gasteiger partial charge < -0.3 is 0 Å². The molecule has 0 N–H and O–H groups in total. The average Bonchev–Trinajstić information content (AvgIpc) is 2.68. The van der Waals surface area contributed by atoms with Crippen LogP contribution >= 0.6 is 5.45 Å². The van der Waals surface area contributed by atoms with E-state index in [0.717, 1.165) is 17.5 Å². The Morgan fingerprint density at radius 1 is 0.667 bits per heavy atom. The Morgan fingerprint density at radius 2 is 1.04 bits per heavy atom. The molecular weight excluding hydrogens is 402 g/mol. The normalized spacial score (nSPS) is 27.0. The van der Waals surface area contributed by atoms with E-state index in [1.54, 1.807) is 77.0 Å². The van der Waals surface area contributed by atoms with Crippen LogP contribution in [0.5, 0.6) is 0 Å². The molecular formula is C22H41PPd. The van der Waals surface area contributed by atoms with Crippen LogP contribution in [0.15, 0.2) is 12.2 Å². The first-order valence-corrected chi connectivity index (χ1v) is 16.5. The molecule has 3 rings (SSSR count). The Labute approximate surface area is 160 Å². The van der Waals surface area contributed by atoms with Crippen molar-refractivity contribution in [1.82, 2.24) is 0 Å². The van der Waals surface area contributed by atoms with E-state index in [1.807, 2.05) is 0 Å². The molecule has 24 heavy (non-hydrogen) atoms. The van der Waals surface area contributed by atoms with Crippen molar-refractivity contribution in [2.24, 2.45) is 0 Å². The zero-order valence-corrected chi connectivity index (χ0v) is 18.6. The zero-order valence-electron chi connectivity index (χ0n) is 16.0. The molecule has 0 aliphatic heterocycles. The van der Waals surface area contributed by atoms with Crippen molar-refractivity contribution in [2.75, 3.05) is 0 Å². The fraction of sp³-hybridized carbons (Fsp3) is 0.909. The maximum atomic E-state index is 2.53. The summed E-state index contributed by atoms with van der Waals surface area (Å²) in [5, 5.41) is 0. The Balaban J connectivity index is 1.88. The van der Waals surface area contributed by atoms with Gasteiger partial charge in [-0.05, 0) is 0 Å². The number of hydrogen-bond donors (Lipinski definition) is 0. The van der Waals surface area contributed by atoms with Crippen molar-refractivity contribution in [2.45, 2.75) is 125 Å². The van der Waals surface area contributed by atoms with Crippen molar-refractivity contribution in [3.8, 4) is 0 Å². The quantitative estimate of drug-likeness (QED) is 0.224. The number of hydrogen-bond acceptors (Lipinski definition) is 0. The molecule has 0 aromatic heterocycles. The molecule has 0 nitrogen and oxygen atoms in total. The maximum absolute atomic E-state index is 2.53. The summed E-state index contributed by atoms with van der Waals surface area (Å²) in [6, 6.07) is 0. The van der Waals surface area contributed by atoms with Crippen LogP contribution < -0.4 is 0 Å². The third-order valence-electron chi connectivity index (χ3n) is 7.19. The van der Waals surface area contributed by atoms with Crippen molar-refractivity contribution in [3.05, 3.63) is 12.2 Å². The average molecular weight is 443 g/mol. The molecule has 0 aromatic carbocycles. The van der Waals surface area contributed by atoms with E-state index in [9.17, 15) is 0 Å². The van der Waals surface area contributed by atoms with E-state index in [2.05, 4.69) is 19.1 Å². The molecule has 3 aliphatic carbocycles. The van der Waals surface area contributed by atoms with Crippen LogP contribution in [-0.2, 0) is 17.5 Å². The summed E-state index contributed by atoms with van der Waals surface area (Å²) in [7, 11) is 0. The van der Waals surface area contributed by atoms with Gasteiger partial charge in [0, 0.05) is 0 Å². The van der Waals surface area contributed by atoms with Crippen LogP contribution in [0.3, 0.4) is 0 Å². The van der Waals surface area contributed by atoms with Crippen molar-refractivity contribution >= 4 is 5.45 Å². The second-order valence-electron chi connectivity index (χ2n) is 8.59. The molecule has 0 radical (unpaired) electrons. The summed E-state index contributed by atoms with van der Waals surface area (Å²) in [5.74, 6) is 0. The van der Waals surface area contributed by atoms with Crippen LogP contribution in [0, 0.1) is 0 Å². The number of allylic oxidation sites excluding steroid dienone is 2. The summed E-state index contributed by atoms with van der Waals surface area (Å²) in [6.45, 7) is 2.24. The van der Waals surface area contributed by atoms with Gasteiger partial charge in [-0.1, -0.05) is 0 Å². The van der Waals surface area contributed by atoms with Gasteiger partial charge in [-0.25, -0.2) is 0 Å². The van der Waals surface area contributed by atoms with Crippen LogP contribution in [0.2, 0.25) is 4.89 Å². The molecule has 0 spiro atoms. The molecule has 0 saturated heterocycles. The fourth-order valence-electron chi connectivity index (χ4n) is 6.08. The SMILES string of the molecule is C/C=C/[CH2][Pd][PH](C1CCCCC1)(C1CCCCC1)C1CCCCC1. The van der Waals surface area contributed by atoms with Crippen LogP contribution in [0.25, 0.3) is 0 Å². The van der Waals surface area contributed by atoms with Gasteiger partial charge in [0.15, 0.2) is 0 Å². The van der Waals surface area contributed by atoms with Crippen molar-refractivity contribution in [1.29, 1.82) is 0 Å². The van der Waals surface area contributed by atoms with E-state index < -0.39 is 5.45 Å². The summed E-state index contributed by atoms with van der Waals surface area (Å²) in [4.78, 5) is 1.46. The van der Waals surface area contributed by atoms with Crippen molar-refractivity contribution in [3.63, 3.8) is 0 Å². The topological polar surface area (TPSA) is 0 Å². The summed E-state index contributed by atoms with van der Waals surface area (Å²) in [5.41, 5.74) is 2.53. The van der Waals surface area contributed by atoms with Crippen LogP contribution in [0.4, 0.5) is 0 Å². The van der Waals surface area contributed by atoms with Gasteiger partial charge in [0.2, 0.25) is 0 Å². The molecule has 0 unspecified atom stereocenters. The zero-order chi connectivity index (χ0) is 16.7. The molecule has 0 atom stereocenters. The van der Waals surface area contributed by atoms with Gasteiger partial charge >= 0.3 is 160 Å². The third-order valence-corrected chi connectivity index (χ3v) is 22.9. The molecule has 3 fully saturated rings. The first kappa shape index (κ1) is 19.6. The Morgan fingerprint density at radius 3 is 1.38 bits per heavy atom. The predicted octanol–water partition coefficient (Wildman–Crippen LogP) is 7.73. The summed E-state index contributed by atoms with van der Waals surface area (Å²) >= 11 is 1.10. The first-order valence-electron chi connectivity index (χ1n) is 11.0. The molecule has 3 saturated carbocycles. The standard InChI is InChI=1S/C18H33P.C4H7.Pd/c1-4-10-16(11-5-1)19(17-12-6-2-7-13-17)18-14-8-3-9-15-18;1-3-4-2;/h16-18H,1-15H2;3-4H,1H2,2H3;/q;;-1/p+1/b;4-3+;. The van der Waals surface area contributed by atoms with E-state index in [0.29, 0.717) is 0 Å². The van der Waals surface area contributed by atoms with Gasteiger partial charge in [0.25, 0.3) is 0 Å². The van der Waals surface area contributed by atoms with Gasteiger partial charge in [-0.2, -0.15) is 0 Å². The molecule has 3 aliphatic rings. The second-order valence-corrected chi connectivity index (χ2v) is 19.1. The third kappa shape index (κ3) is 4.56. The monoisotopic (exact) mass is 442 g/mol. The Bertz CT molecular complexity index is 328. The number of rotatable bonds is 6. The van der Waals surface area contributed by atoms with E-state index >= 15 is 0 Å². The van der Waals surface area contributed by atoms with E-state index in [-0.39, 0.29) is 0 Å². The van der Waals surface area contributed by atoms with Gasteiger partial charge in [-0.3, -0.25) is 0 Å². The Kier molecular flexibility index (Phi) is 8.36. The molecule has 0 amide bonds. The molecule has 2 heteroatoms. The van der Waals surface area contributed by atoms with Crippen LogP contribution in [0.1, 0.15) is 103 Å². The predicted molar refractivity (Wildman–Crippen MR) is 109 cm³/mol. The minimum absolute atomic E-state index is 1.10. The van der Waals surface area contributed by atoms with Gasteiger partial charge in [0.05, 0.1) is 0 Å². The van der Waals surface area contributed by atoms with Crippen LogP contribution in [-0.4, -0.2) is 17.0 Å². The molecule has 0 bridgehead atoms. The molecule has 0 aromatic rings. The molecule has 0 heterocycles. The van der Waals surface area contributed by atoms with Gasteiger partial charge in [0.1, 0.15) is 0 Å². The van der Waals surface area contributed by atoms with Gasteiger partial charge in [-0.15, -0.1) is 0 Å². The minimum atomic E-state index is -1.13. The van der Waals surface area contributed by atoms with Crippen molar-refractivity contribution < 1.29 is 17.5 Å². The molecule has 144 valence electrons. The Hall–Kier alpha value is 0.832. The van der Waals surface area contributed by atoms with E-state index in [4.69, 9.17) is 0 Å². The second kappa shape index (κ2) is 10.2.